The van der Waals surface area contributed by atoms with E-state index in [9.17, 15) is 4.55 Å². The summed E-state index contributed by atoms with van der Waals surface area (Å²) in [5, 5.41) is 2.22. The molecule has 0 N–H and O–H groups in total. The highest BCUT2D eigenvalue weighted by Crippen LogP contribution is 2.47. The Balaban J connectivity index is 1.29. The Labute approximate surface area is 189 Å². The van der Waals surface area contributed by atoms with E-state index in [4.69, 9.17) is 9.47 Å². The minimum atomic E-state index is -1.19. The number of hydrogen-bond acceptors (Lipinski definition) is 3. The van der Waals surface area contributed by atoms with Crippen LogP contribution in [0.5, 0.6) is 23.0 Å². The number of ether oxygens (including phenoxy) is 2. The molecule has 0 spiro atoms. The van der Waals surface area contributed by atoms with Gasteiger partial charge >= 0.3 is 0 Å². The summed E-state index contributed by atoms with van der Waals surface area (Å²) >= 11 is -1.19. The second-order valence-corrected chi connectivity index (χ2v) is 9.10. The zero-order chi connectivity index (χ0) is 21.5. The smallest absolute Gasteiger partial charge is 0.170 e. The van der Waals surface area contributed by atoms with Crippen molar-refractivity contribution in [2.75, 3.05) is 0 Å². The zero-order valence-electron chi connectivity index (χ0n) is 17.0. The maximum atomic E-state index is 12.8. The molecule has 0 fully saturated rings. The molecule has 0 saturated carbocycles. The topological polar surface area (TPSA) is 41.5 Å². The zero-order valence-corrected chi connectivity index (χ0v) is 17.8. The summed E-state index contributed by atoms with van der Waals surface area (Å²) in [5.74, 6) is 2.80. The van der Waals surface area contributed by atoms with Gasteiger partial charge in [-0.1, -0.05) is 48.5 Å². The summed E-state index contributed by atoms with van der Waals surface area (Å²) in [4.78, 5) is 1.57. The van der Waals surface area contributed by atoms with Gasteiger partial charge in [0.2, 0.25) is 0 Å². The molecule has 5 aromatic rings. The van der Waals surface area contributed by atoms with Crippen molar-refractivity contribution in [3.05, 3.63) is 109 Å². The first-order valence-corrected chi connectivity index (χ1v) is 11.5. The molecule has 1 atom stereocenters. The number of hydrogen-bond donors (Lipinski definition) is 0. The first-order chi connectivity index (χ1) is 15.7. The van der Waals surface area contributed by atoms with E-state index in [0.717, 1.165) is 37.4 Å². The van der Waals surface area contributed by atoms with Gasteiger partial charge in [0.25, 0.3) is 0 Å². The van der Waals surface area contributed by atoms with Crippen molar-refractivity contribution in [2.45, 2.75) is 9.79 Å². The second kappa shape index (κ2) is 7.75. The molecule has 1 aliphatic heterocycles. The van der Waals surface area contributed by atoms with E-state index in [1.165, 1.54) is 0 Å². The van der Waals surface area contributed by atoms with Crippen LogP contribution in [-0.4, -0.2) is 4.55 Å². The summed E-state index contributed by atoms with van der Waals surface area (Å²) in [6.07, 6.45) is 0. The molecule has 0 saturated heterocycles. The molecule has 32 heavy (non-hydrogen) atoms. The van der Waals surface area contributed by atoms with E-state index in [-0.39, 0.29) is 0 Å². The van der Waals surface area contributed by atoms with Gasteiger partial charge in [-0.25, -0.2) is 0 Å². The molecular formula is C28H18O3S. The van der Waals surface area contributed by atoms with Crippen LogP contribution in [0.4, 0.5) is 0 Å². The van der Waals surface area contributed by atoms with Crippen LogP contribution in [0.15, 0.2) is 119 Å². The van der Waals surface area contributed by atoms with Gasteiger partial charge in [0.15, 0.2) is 32.8 Å². The van der Waals surface area contributed by atoms with Gasteiger partial charge in [0, 0.05) is 11.2 Å². The molecule has 1 aliphatic rings. The summed E-state index contributed by atoms with van der Waals surface area (Å²) < 4.78 is 25.1. The summed E-state index contributed by atoms with van der Waals surface area (Å²) in [6.45, 7) is 0. The van der Waals surface area contributed by atoms with Gasteiger partial charge in [-0.15, -0.1) is 0 Å². The minimum Gasteiger partial charge on any atom is -0.606 e. The lowest BCUT2D eigenvalue weighted by Gasteiger charge is -2.22. The molecule has 0 amide bonds. The normalized spacial score (nSPS) is 12.9. The van der Waals surface area contributed by atoms with Crippen molar-refractivity contribution in [2.24, 2.45) is 0 Å². The molecule has 0 aliphatic carbocycles. The molecule has 0 bridgehead atoms. The summed E-state index contributed by atoms with van der Waals surface area (Å²) in [6, 6.07) is 35.4. The van der Waals surface area contributed by atoms with Crippen molar-refractivity contribution in [3.63, 3.8) is 0 Å². The van der Waals surface area contributed by atoms with E-state index in [1.54, 1.807) is 0 Å². The van der Waals surface area contributed by atoms with Crippen LogP contribution in [0.1, 0.15) is 0 Å². The molecule has 5 aromatic carbocycles. The quantitative estimate of drug-likeness (QED) is 0.270. The second-order valence-electron chi connectivity index (χ2n) is 7.62. The van der Waals surface area contributed by atoms with Crippen LogP contribution >= 0.6 is 0 Å². The first-order valence-electron chi connectivity index (χ1n) is 10.3. The number of fused-ring (bicyclic) bond motifs is 3. The van der Waals surface area contributed by atoms with E-state index in [0.29, 0.717) is 17.2 Å². The fourth-order valence-electron chi connectivity index (χ4n) is 3.90. The monoisotopic (exact) mass is 434 g/mol. The minimum absolute atomic E-state index is 0.683. The maximum absolute atomic E-state index is 12.8. The average molecular weight is 435 g/mol. The SMILES string of the molecule is [O-][S+](c1ccccc1)c1ccc(-c2ccc3c(c2)Oc2cc4ccccc4cc2O3)cc1. The predicted molar refractivity (Wildman–Crippen MR) is 127 cm³/mol. The summed E-state index contributed by atoms with van der Waals surface area (Å²) in [7, 11) is 0. The molecular weight excluding hydrogens is 416 g/mol. The molecule has 1 heterocycles. The Hall–Kier alpha value is -3.73. The fraction of sp³-hybridized carbons (Fsp3) is 0. The highest BCUT2D eigenvalue weighted by Gasteiger charge is 2.20. The Morgan fingerprint density at radius 1 is 0.469 bits per heavy atom. The molecule has 0 aromatic heterocycles. The van der Waals surface area contributed by atoms with Crippen LogP contribution in [-0.2, 0) is 11.2 Å². The van der Waals surface area contributed by atoms with Gasteiger partial charge < -0.3 is 14.0 Å². The van der Waals surface area contributed by atoms with Crippen molar-refractivity contribution in [1.82, 2.24) is 0 Å². The third-order valence-electron chi connectivity index (χ3n) is 5.55. The first kappa shape index (κ1) is 19.0. The van der Waals surface area contributed by atoms with Crippen molar-refractivity contribution in [3.8, 4) is 34.1 Å². The summed E-state index contributed by atoms with van der Waals surface area (Å²) in [5.41, 5.74) is 2.03. The van der Waals surface area contributed by atoms with Crippen LogP contribution < -0.4 is 9.47 Å². The van der Waals surface area contributed by atoms with Crippen molar-refractivity contribution >= 4 is 21.9 Å². The Morgan fingerprint density at radius 2 is 1.00 bits per heavy atom. The van der Waals surface area contributed by atoms with Gasteiger partial charge in [0.05, 0.1) is 0 Å². The van der Waals surface area contributed by atoms with Crippen LogP contribution in [0.2, 0.25) is 0 Å². The van der Waals surface area contributed by atoms with E-state index < -0.39 is 11.2 Å². The van der Waals surface area contributed by atoms with E-state index in [1.807, 2.05) is 97.1 Å². The van der Waals surface area contributed by atoms with E-state index in [2.05, 4.69) is 12.1 Å². The number of benzene rings is 5. The van der Waals surface area contributed by atoms with Crippen LogP contribution in [0.3, 0.4) is 0 Å². The Morgan fingerprint density at radius 3 is 1.69 bits per heavy atom. The lowest BCUT2D eigenvalue weighted by atomic mass is 10.0. The average Bonchev–Trinajstić information content (AvgIpc) is 2.86. The third kappa shape index (κ3) is 3.40. The third-order valence-corrected chi connectivity index (χ3v) is 6.96. The maximum Gasteiger partial charge on any atom is 0.170 e. The van der Waals surface area contributed by atoms with Crippen LogP contribution in [0.25, 0.3) is 21.9 Å². The predicted octanol–water partition coefficient (Wildman–Crippen LogP) is 7.57. The van der Waals surface area contributed by atoms with Crippen molar-refractivity contribution < 1.29 is 14.0 Å². The lowest BCUT2D eigenvalue weighted by molar-refractivity contribution is 0.360. The lowest BCUT2D eigenvalue weighted by Crippen LogP contribution is -2.01. The molecule has 3 nitrogen and oxygen atoms in total. The molecule has 4 heteroatoms. The Kier molecular flexibility index (Phi) is 4.60. The van der Waals surface area contributed by atoms with Gasteiger partial charge in [-0.2, -0.15) is 0 Å². The number of rotatable bonds is 3. The van der Waals surface area contributed by atoms with Gasteiger partial charge in [0.1, 0.15) is 0 Å². The largest absolute Gasteiger partial charge is 0.606 e. The molecule has 0 radical (unpaired) electrons. The molecule has 154 valence electrons. The standard InChI is InChI=1S/C28H18O3S/c29-32(23-8-2-1-3-9-23)24-13-10-19(11-14-24)22-12-15-25-26(18-22)31-28-17-21-7-5-4-6-20(21)16-27(28)30-25/h1-18H. The van der Waals surface area contributed by atoms with Crippen molar-refractivity contribution in [1.29, 1.82) is 0 Å². The highest BCUT2D eigenvalue weighted by atomic mass is 32.2. The van der Waals surface area contributed by atoms with Gasteiger partial charge in [-0.3, -0.25) is 0 Å². The fourth-order valence-corrected chi connectivity index (χ4v) is 4.96. The van der Waals surface area contributed by atoms with E-state index >= 15 is 0 Å². The Bertz CT molecular complexity index is 1430. The highest BCUT2D eigenvalue weighted by molar-refractivity contribution is 7.91. The van der Waals surface area contributed by atoms with Gasteiger partial charge in [-0.05, 0) is 82.6 Å². The van der Waals surface area contributed by atoms with Crippen LogP contribution in [0, 0.1) is 0 Å². The molecule has 6 rings (SSSR count). The molecule has 1 unspecified atom stereocenters.